The Labute approximate surface area is 149 Å². The molecule has 0 bridgehead atoms. The number of benzene rings is 2. The van der Waals surface area contributed by atoms with Crippen LogP contribution in [0, 0.1) is 6.92 Å². The summed E-state index contributed by atoms with van der Waals surface area (Å²) in [6.07, 6.45) is 2.46. The lowest BCUT2D eigenvalue weighted by Crippen LogP contribution is -2.32. The molecule has 0 N–H and O–H groups in total. The first kappa shape index (κ1) is 17.3. The average molecular weight is 339 g/mol. The molecular weight excluding hydrogens is 314 g/mol. The van der Waals surface area contributed by atoms with Gasteiger partial charge in [0.15, 0.2) is 11.5 Å². The predicted octanol–water partition coefficient (Wildman–Crippen LogP) is 3.92. The van der Waals surface area contributed by atoms with E-state index in [1.807, 2.05) is 41.3 Å². The molecule has 4 heteroatoms. The van der Waals surface area contributed by atoms with Gasteiger partial charge >= 0.3 is 0 Å². The first-order chi connectivity index (χ1) is 12.1. The smallest absolute Gasteiger partial charge is 0.227 e. The van der Waals surface area contributed by atoms with Gasteiger partial charge in [-0.3, -0.25) is 4.79 Å². The molecule has 1 atom stereocenters. The van der Waals surface area contributed by atoms with E-state index in [-0.39, 0.29) is 11.9 Å². The molecule has 1 fully saturated rings. The van der Waals surface area contributed by atoms with Crippen molar-refractivity contribution in [1.82, 2.24) is 4.90 Å². The van der Waals surface area contributed by atoms with Crippen LogP contribution in [0.5, 0.6) is 11.5 Å². The molecule has 0 spiro atoms. The van der Waals surface area contributed by atoms with Crippen molar-refractivity contribution in [3.05, 3.63) is 59.2 Å². The van der Waals surface area contributed by atoms with Crippen molar-refractivity contribution in [2.45, 2.75) is 32.2 Å². The molecule has 1 aliphatic heterocycles. The Hall–Kier alpha value is -2.49. The normalized spacial score (nSPS) is 16.8. The lowest BCUT2D eigenvalue weighted by atomic mass is 10.0. The molecule has 132 valence electrons. The Bertz CT molecular complexity index is 757. The van der Waals surface area contributed by atoms with E-state index in [2.05, 4.69) is 13.0 Å². The van der Waals surface area contributed by atoms with Gasteiger partial charge in [0.1, 0.15) is 0 Å². The number of aryl methyl sites for hydroxylation is 1. The van der Waals surface area contributed by atoms with Crippen LogP contribution in [0.15, 0.2) is 42.5 Å². The first-order valence-electron chi connectivity index (χ1n) is 8.70. The SMILES string of the molecule is COc1ccc(C2CCCN2C(=O)Cc2ccccc2C)cc1OC. The Balaban J connectivity index is 1.80. The summed E-state index contributed by atoms with van der Waals surface area (Å²) < 4.78 is 10.7. The molecule has 1 amide bonds. The number of amides is 1. The minimum absolute atomic E-state index is 0.108. The van der Waals surface area contributed by atoms with Crippen molar-refractivity contribution in [2.75, 3.05) is 20.8 Å². The van der Waals surface area contributed by atoms with Crippen LogP contribution in [0.25, 0.3) is 0 Å². The molecule has 2 aromatic carbocycles. The Kier molecular flexibility index (Phi) is 5.27. The molecule has 1 saturated heterocycles. The third kappa shape index (κ3) is 3.63. The van der Waals surface area contributed by atoms with Crippen LogP contribution in [-0.4, -0.2) is 31.6 Å². The highest BCUT2D eigenvalue weighted by atomic mass is 16.5. The second kappa shape index (κ2) is 7.60. The molecule has 1 heterocycles. The van der Waals surface area contributed by atoms with Crippen molar-refractivity contribution in [1.29, 1.82) is 0 Å². The van der Waals surface area contributed by atoms with Gasteiger partial charge in [-0.2, -0.15) is 0 Å². The fraction of sp³-hybridized carbons (Fsp3) is 0.381. The molecular formula is C21H25NO3. The van der Waals surface area contributed by atoms with Gasteiger partial charge in [0.05, 0.1) is 26.7 Å². The minimum Gasteiger partial charge on any atom is -0.493 e. The van der Waals surface area contributed by atoms with Gasteiger partial charge in [-0.1, -0.05) is 30.3 Å². The minimum atomic E-state index is 0.108. The van der Waals surface area contributed by atoms with E-state index in [1.165, 1.54) is 0 Å². The van der Waals surface area contributed by atoms with Crippen molar-refractivity contribution in [3.63, 3.8) is 0 Å². The van der Waals surface area contributed by atoms with Gasteiger partial charge in [-0.05, 0) is 48.6 Å². The monoisotopic (exact) mass is 339 g/mol. The fourth-order valence-corrected chi connectivity index (χ4v) is 3.54. The van der Waals surface area contributed by atoms with Gasteiger partial charge < -0.3 is 14.4 Å². The van der Waals surface area contributed by atoms with Crippen LogP contribution in [0.4, 0.5) is 0 Å². The maximum absolute atomic E-state index is 12.9. The van der Waals surface area contributed by atoms with Crippen LogP contribution in [-0.2, 0) is 11.2 Å². The quantitative estimate of drug-likeness (QED) is 0.829. The second-order valence-electron chi connectivity index (χ2n) is 6.46. The van der Waals surface area contributed by atoms with Crippen LogP contribution in [0.2, 0.25) is 0 Å². The lowest BCUT2D eigenvalue weighted by molar-refractivity contribution is -0.131. The lowest BCUT2D eigenvalue weighted by Gasteiger charge is -2.26. The fourth-order valence-electron chi connectivity index (χ4n) is 3.54. The molecule has 0 radical (unpaired) electrons. The highest BCUT2D eigenvalue weighted by molar-refractivity contribution is 5.80. The first-order valence-corrected chi connectivity index (χ1v) is 8.70. The summed E-state index contributed by atoms with van der Waals surface area (Å²) in [5.74, 6) is 1.60. The maximum Gasteiger partial charge on any atom is 0.227 e. The Morgan fingerprint density at radius 3 is 2.60 bits per heavy atom. The summed E-state index contributed by atoms with van der Waals surface area (Å²) >= 11 is 0. The zero-order valence-corrected chi connectivity index (χ0v) is 15.1. The standard InChI is InChI=1S/C21H25NO3/c1-15-7-4-5-8-16(15)14-21(23)22-12-6-9-18(22)17-10-11-19(24-2)20(13-17)25-3/h4-5,7-8,10-11,13,18H,6,9,12,14H2,1-3H3. The van der Waals surface area contributed by atoms with Crippen LogP contribution in [0.3, 0.4) is 0 Å². The van der Waals surface area contributed by atoms with Crippen molar-refractivity contribution >= 4 is 5.91 Å². The maximum atomic E-state index is 12.9. The molecule has 2 aromatic rings. The van der Waals surface area contributed by atoms with Gasteiger partial charge in [0, 0.05) is 6.54 Å². The van der Waals surface area contributed by atoms with Crippen molar-refractivity contribution < 1.29 is 14.3 Å². The number of ether oxygens (including phenoxy) is 2. The second-order valence-corrected chi connectivity index (χ2v) is 6.46. The molecule has 25 heavy (non-hydrogen) atoms. The summed E-state index contributed by atoms with van der Waals surface area (Å²) in [6, 6.07) is 14.1. The number of nitrogens with zero attached hydrogens (tertiary/aromatic N) is 1. The molecule has 1 aliphatic rings. The van der Waals surface area contributed by atoms with Gasteiger partial charge in [-0.25, -0.2) is 0 Å². The topological polar surface area (TPSA) is 38.8 Å². The molecule has 0 saturated carbocycles. The number of hydrogen-bond acceptors (Lipinski definition) is 3. The van der Waals surface area contributed by atoms with E-state index in [0.717, 1.165) is 36.1 Å². The van der Waals surface area contributed by atoms with E-state index < -0.39 is 0 Å². The Morgan fingerprint density at radius 1 is 1.12 bits per heavy atom. The molecule has 3 rings (SSSR count). The zero-order valence-electron chi connectivity index (χ0n) is 15.1. The predicted molar refractivity (Wildman–Crippen MR) is 98.1 cm³/mol. The molecule has 1 unspecified atom stereocenters. The number of carbonyl (C=O) groups is 1. The molecule has 4 nitrogen and oxygen atoms in total. The number of methoxy groups -OCH3 is 2. The third-order valence-electron chi connectivity index (χ3n) is 4.97. The van der Waals surface area contributed by atoms with Crippen LogP contribution in [0.1, 0.15) is 35.6 Å². The van der Waals surface area contributed by atoms with E-state index in [9.17, 15) is 4.79 Å². The van der Waals surface area contributed by atoms with Gasteiger partial charge in [-0.15, -0.1) is 0 Å². The number of hydrogen-bond donors (Lipinski definition) is 0. The van der Waals surface area contributed by atoms with E-state index in [4.69, 9.17) is 9.47 Å². The zero-order chi connectivity index (χ0) is 17.8. The Morgan fingerprint density at radius 2 is 1.88 bits per heavy atom. The third-order valence-corrected chi connectivity index (χ3v) is 4.97. The number of rotatable bonds is 5. The largest absolute Gasteiger partial charge is 0.493 e. The summed E-state index contributed by atoms with van der Waals surface area (Å²) in [7, 11) is 3.27. The van der Waals surface area contributed by atoms with Crippen molar-refractivity contribution in [2.24, 2.45) is 0 Å². The average Bonchev–Trinajstić information content (AvgIpc) is 3.13. The van der Waals surface area contributed by atoms with Crippen LogP contribution >= 0.6 is 0 Å². The van der Waals surface area contributed by atoms with Crippen LogP contribution < -0.4 is 9.47 Å². The van der Waals surface area contributed by atoms with E-state index >= 15 is 0 Å². The van der Waals surface area contributed by atoms with Gasteiger partial charge in [0.25, 0.3) is 0 Å². The van der Waals surface area contributed by atoms with Gasteiger partial charge in [0.2, 0.25) is 5.91 Å². The summed E-state index contributed by atoms with van der Waals surface area (Å²) in [5.41, 5.74) is 3.37. The summed E-state index contributed by atoms with van der Waals surface area (Å²) in [4.78, 5) is 14.9. The van der Waals surface area contributed by atoms with Crippen molar-refractivity contribution in [3.8, 4) is 11.5 Å². The van der Waals surface area contributed by atoms with E-state index in [0.29, 0.717) is 17.9 Å². The summed E-state index contributed by atoms with van der Waals surface area (Å²) in [5, 5.41) is 0. The van der Waals surface area contributed by atoms with E-state index in [1.54, 1.807) is 14.2 Å². The number of carbonyl (C=O) groups excluding carboxylic acids is 1. The molecule has 0 aromatic heterocycles. The molecule has 0 aliphatic carbocycles. The highest BCUT2D eigenvalue weighted by Gasteiger charge is 2.30. The highest BCUT2D eigenvalue weighted by Crippen LogP contribution is 2.37. The summed E-state index contributed by atoms with van der Waals surface area (Å²) in [6.45, 7) is 2.86. The number of likely N-dealkylation sites (tertiary alicyclic amines) is 1.